The second kappa shape index (κ2) is 8.35. The Morgan fingerprint density at radius 2 is 1.87 bits per heavy atom. The van der Waals surface area contributed by atoms with Crippen molar-refractivity contribution in [2.24, 2.45) is 0 Å². The highest BCUT2D eigenvalue weighted by molar-refractivity contribution is 7.98. The van der Waals surface area contributed by atoms with Crippen LogP contribution in [-0.4, -0.2) is 24.7 Å². The third kappa shape index (κ3) is 3.81. The molecule has 0 unspecified atom stereocenters. The van der Waals surface area contributed by atoms with Gasteiger partial charge >= 0.3 is 0 Å². The number of hydrogen-bond donors (Lipinski definition) is 0. The topological polar surface area (TPSA) is 56.5 Å². The largest absolute Gasteiger partial charge is 0.270 e. The Hall–Kier alpha value is -2.45. The van der Waals surface area contributed by atoms with Gasteiger partial charge in [0.25, 0.3) is 0 Å². The van der Waals surface area contributed by atoms with E-state index in [0.29, 0.717) is 21.6 Å². The summed E-state index contributed by atoms with van der Waals surface area (Å²) in [6, 6.07) is 17.4. The summed E-state index contributed by atoms with van der Waals surface area (Å²) in [7, 11) is 0. The Morgan fingerprint density at radius 1 is 0.967 bits per heavy atom. The van der Waals surface area contributed by atoms with E-state index < -0.39 is 0 Å². The summed E-state index contributed by atoms with van der Waals surface area (Å²) in [5, 5.41) is 11.6. The summed E-state index contributed by atoms with van der Waals surface area (Å²) in [5.74, 6) is 1.37. The van der Waals surface area contributed by atoms with Gasteiger partial charge in [-0.1, -0.05) is 47.1 Å². The highest BCUT2D eigenvalue weighted by Gasteiger charge is 2.18. The zero-order valence-electron chi connectivity index (χ0n) is 15.4. The van der Waals surface area contributed by atoms with Crippen LogP contribution in [0.1, 0.15) is 5.01 Å². The second-order valence-electron chi connectivity index (χ2n) is 6.35. The molecule has 0 atom stereocenters. The minimum Gasteiger partial charge on any atom is -0.270 e. The first-order valence-electron chi connectivity index (χ1n) is 8.97. The lowest BCUT2D eigenvalue weighted by Crippen LogP contribution is -2.00. The van der Waals surface area contributed by atoms with Gasteiger partial charge in [0.2, 0.25) is 0 Å². The zero-order chi connectivity index (χ0) is 20.5. The molecule has 0 saturated heterocycles. The first-order chi connectivity index (χ1) is 14.7. The quantitative estimate of drug-likeness (QED) is 0.273. The van der Waals surface area contributed by atoms with E-state index in [2.05, 4.69) is 21.2 Å². The lowest BCUT2D eigenvalue weighted by atomic mass is 10.2. The van der Waals surface area contributed by atoms with Crippen molar-refractivity contribution in [3.63, 3.8) is 0 Å². The lowest BCUT2D eigenvalue weighted by Gasteiger charge is -2.11. The number of halogens is 2. The van der Waals surface area contributed by atoms with Crippen LogP contribution in [0.4, 0.5) is 0 Å². The minimum absolute atomic E-state index is 0.474. The molecule has 3 heterocycles. The van der Waals surface area contributed by atoms with E-state index in [1.54, 1.807) is 41.6 Å². The number of nitrogens with zero attached hydrogens (tertiary/aromatic N) is 5. The average molecular weight is 470 g/mol. The van der Waals surface area contributed by atoms with E-state index in [1.807, 2.05) is 47.0 Å². The maximum absolute atomic E-state index is 6.29. The minimum atomic E-state index is 0.474. The van der Waals surface area contributed by atoms with E-state index in [4.69, 9.17) is 28.2 Å². The predicted octanol–water partition coefficient (Wildman–Crippen LogP) is 6.54. The molecule has 0 bridgehead atoms. The van der Waals surface area contributed by atoms with Crippen molar-refractivity contribution in [3.05, 3.63) is 82.0 Å². The van der Waals surface area contributed by atoms with Gasteiger partial charge in [0.05, 0.1) is 31.7 Å². The number of rotatable bonds is 5. The molecule has 30 heavy (non-hydrogen) atoms. The highest BCUT2D eigenvalue weighted by Crippen LogP contribution is 2.33. The SMILES string of the molecule is Clc1ccc(-n2c(SCc3nc4ccccc4s3)nnc2-c2cccnc2)cc1Cl. The first kappa shape index (κ1) is 19.5. The molecular weight excluding hydrogens is 457 g/mol. The molecule has 2 aromatic carbocycles. The average Bonchev–Trinajstić information content (AvgIpc) is 3.38. The van der Waals surface area contributed by atoms with Gasteiger partial charge in [-0.05, 0) is 42.5 Å². The number of benzene rings is 2. The van der Waals surface area contributed by atoms with E-state index in [0.717, 1.165) is 26.9 Å². The number of hydrogen-bond acceptors (Lipinski definition) is 6. The molecule has 9 heteroatoms. The number of thioether (sulfide) groups is 1. The first-order valence-corrected chi connectivity index (χ1v) is 11.5. The standard InChI is InChI=1S/C21H13Cl2N5S2/c22-15-8-7-14(10-16(15)23)28-20(13-4-3-9-24-11-13)26-27-21(28)29-12-19-25-17-5-1-2-6-18(17)30-19/h1-11H,12H2. The zero-order valence-corrected chi connectivity index (χ0v) is 18.5. The van der Waals surface area contributed by atoms with E-state index in [1.165, 1.54) is 4.70 Å². The highest BCUT2D eigenvalue weighted by atomic mass is 35.5. The maximum Gasteiger partial charge on any atom is 0.196 e. The van der Waals surface area contributed by atoms with Crippen LogP contribution in [0.25, 0.3) is 27.3 Å². The van der Waals surface area contributed by atoms with Crippen LogP contribution in [0.2, 0.25) is 10.0 Å². The number of pyridine rings is 1. The third-order valence-corrected chi connectivity index (χ3v) is 7.28. The normalized spacial score (nSPS) is 11.3. The third-order valence-electron chi connectivity index (χ3n) is 4.38. The monoisotopic (exact) mass is 469 g/mol. The molecular formula is C21H13Cl2N5S2. The van der Waals surface area contributed by atoms with Crippen molar-refractivity contribution in [1.29, 1.82) is 0 Å². The van der Waals surface area contributed by atoms with Gasteiger partial charge in [-0.15, -0.1) is 21.5 Å². The Bertz CT molecular complexity index is 1300. The fourth-order valence-corrected chi connectivity index (χ4v) is 5.21. The van der Waals surface area contributed by atoms with Crippen LogP contribution >= 0.6 is 46.3 Å². The number of thiazole rings is 1. The van der Waals surface area contributed by atoms with Crippen molar-refractivity contribution in [2.45, 2.75) is 10.9 Å². The maximum atomic E-state index is 6.29. The molecule has 5 nitrogen and oxygen atoms in total. The molecule has 0 aliphatic rings. The molecule has 0 saturated carbocycles. The van der Waals surface area contributed by atoms with Gasteiger partial charge in [0.15, 0.2) is 11.0 Å². The van der Waals surface area contributed by atoms with Gasteiger partial charge in [0, 0.05) is 18.0 Å². The van der Waals surface area contributed by atoms with E-state index in [-0.39, 0.29) is 0 Å². The molecule has 0 radical (unpaired) electrons. The van der Waals surface area contributed by atoms with Crippen molar-refractivity contribution in [2.75, 3.05) is 0 Å². The summed E-state index contributed by atoms with van der Waals surface area (Å²) >= 11 is 15.7. The van der Waals surface area contributed by atoms with Gasteiger partial charge in [0.1, 0.15) is 5.01 Å². The molecule has 0 spiro atoms. The second-order valence-corrected chi connectivity index (χ2v) is 9.22. The number of fused-ring (bicyclic) bond motifs is 1. The van der Waals surface area contributed by atoms with Crippen LogP contribution in [0.5, 0.6) is 0 Å². The summed E-state index contributed by atoms with van der Waals surface area (Å²) in [6.45, 7) is 0. The molecule has 0 aliphatic heterocycles. The molecule has 0 N–H and O–H groups in total. The summed E-state index contributed by atoms with van der Waals surface area (Å²) in [6.07, 6.45) is 3.49. The molecule has 3 aromatic heterocycles. The molecule has 5 rings (SSSR count). The predicted molar refractivity (Wildman–Crippen MR) is 124 cm³/mol. The van der Waals surface area contributed by atoms with Crippen LogP contribution in [0.15, 0.2) is 72.1 Å². The van der Waals surface area contributed by atoms with Crippen molar-refractivity contribution in [1.82, 2.24) is 24.7 Å². The Morgan fingerprint density at radius 3 is 2.67 bits per heavy atom. The Kier molecular flexibility index (Phi) is 5.43. The molecule has 0 fully saturated rings. The van der Waals surface area contributed by atoms with Crippen LogP contribution < -0.4 is 0 Å². The van der Waals surface area contributed by atoms with Crippen molar-refractivity contribution < 1.29 is 0 Å². The molecule has 0 aliphatic carbocycles. The van der Waals surface area contributed by atoms with Gasteiger partial charge in [-0.25, -0.2) is 4.98 Å². The number of para-hydroxylation sites is 1. The van der Waals surface area contributed by atoms with Gasteiger partial charge < -0.3 is 0 Å². The van der Waals surface area contributed by atoms with Gasteiger partial charge in [-0.3, -0.25) is 9.55 Å². The smallest absolute Gasteiger partial charge is 0.196 e. The van der Waals surface area contributed by atoms with Crippen LogP contribution in [-0.2, 0) is 5.75 Å². The summed E-state index contributed by atoms with van der Waals surface area (Å²) in [4.78, 5) is 8.92. The fraction of sp³-hybridized carbons (Fsp3) is 0.0476. The fourth-order valence-electron chi connectivity index (χ4n) is 3.01. The molecule has 5 aromatic rings. The van der Waals surface area contributed by atoms with Crippen molar-refractivity contribution >= 4 is 56.5 Å². The molecule has 0 amide bonds. The van der Waals surface area contributed by atoms with E-state index in [9.17, 15) is 0 Å². The Balaban J connectivity index is 1.54. The van der Waals surface area contributed by atoms with Crippen LogP contribution in [0.3, 0.4) is 0 Å². The Labute approximate surface area is 190 Å². The van der Waals surface area contributed by atoms with Crippen LogP contribution in [0, 0.1) is 0 Å². The van der Waals surface area contributed by atoms with E-state index >= 15 is 0 Å². The van der Waals surface area contributed by atoms with Crippen molar-refractivity contribution in [3.8, 4) is 17.1 Å². The summed E-state index contributed by atoms with van der Waals surface area (Å²) < 4.78 is 3.15. The summed E-state index contributed by atoms with van der Waals surface area (Å²) in [5.41, 5.74) is 2.71. The number of aromatic nitrogens is 5. The molecule has 148 valence electrons. The van der Waals surface area contributed by atoms with Gasteiger partial charge in [-0.2, -0.15) is 0 Å². The lowest BCUT2D eigenvalue weighted by molar-refractivity contribution is 0.885.